The third-order valence-electron chi connectivity index (χ3n) is 2.30. The number of aromatic nitrogens is 2. The van der Waals surface area contributed by atoms with E-state index < -0.39 is 0 Å². The fraction of sp³-hybridized carbons (Fsp3) is 0.364. The highest BCUT2D eigenvalue weighted by molar-refractivity contribution is 7.15. The molecule has 0 atom stereocenters. The van der Waals surface area contributed by atoms with Gasteiger partial charge < -0.3 is 4.74 Å². The van der Waals surface area contributed by atoms with Crippen molar-refractivity contribution in [1.29, 1.82) is 0 Å². The Morgan fingerprint density at radius 2 is 2.39 bits per heavy atom. The first-order valence-electron chi connectivity index (χ1n) is 5.36. The molecule has 0 amide bonds. The maximum absolute atomic E-state index is 11.9. The Morgan fingerprint density at radius 3 is 3.06 bits per heavy atom. The van der Waals surface area contributed by atoms with Crippen molar-refractivity contribution in [1.82, 2.24) is 9.38 Å². The molecule has 0 aliphatic carbocycles. The first-order chi connectivity index (χ1) is 8.65. The van der Waals surface area contributed by atoms with E-state index in [0.29, 0.717) is 23.0 Å². The zero-order valence-electron chi connectivity index (χ0n) is 9.68. The minimum absolute atomic E-state index is 0.0651. The van der Waals surface area contributed by atoms with Gasteiger partial charge in [-0.2, -0.15) is 0 Å². The monoisotopic (exact) mass is 286 g/mol. The SMILES string of the molecule is CCOC(=O)Cc1csc2nc(CCl)cc(=O)n12. The van der Waals surface area contributed by atoms with E-state index in [0.717, 1.165) is 0 Å². The molecule has 0 saturated carbocycles. The van der Waals surface area contributed by atoms with Crippen LogP contribution >= 0.6 is 22.9 Å². The minimum Gasteiger partial charge on any atom is -0.466 e. The van der Waals surface area contributed by atoms with Crippen LogP contribution in [0, 0.1) is 0 Å². The van der Waals surface area contributed by atoms with E-state index >= 15 is 0 Å². The lowest BCUT2D eigenvalue weighted by Crippen LogP contribution is -2.18. The molecule has 18 heavy (non-hydrogen) atoms. The van der Waals surface area contributed by atoms with Crippen molar-refractivity contribution < 1.29 is 9.53 Å². The molecule has 0 aliphatic rings. The second kappa shape index (κ2) is 5.49. The number of hydrogen-bond donors (Lipinski definition) is 0. The van der Waals surface area contributed by atoms with E-state index in [1.54, 1.807) is 12.3 Å². The number of carbonyl (C=O) groups is 1. The predicted octanol–water partition coefficient (Wildman–Crippen LogP) is 1.60. The van der Waals surface area contributed by atoms with E-state index in [1.807, 2.05) is 0 Å². The molecular formula is C11H11ClN2O3S. The number of halogens is 1. The fourth-order valence-electron chi connectivity index (χ4n) is 1.57. The lowest BCUT2D eigenvalue weighted by atomic mass is 10.3. The third-order valence-corrected chi connectivity index (χ3v) is 3.44. The van der Waals surface area contributed by atoms with E-state index in [4.69, 9.17) is 16.3 Å². The Hall–Kier alpha value is -1.40. The summed E-state index contributed by atoms with van der Waals surface area (Å²) >= 11 is 6.95. The average Bonchev–Trinajstić information content (AvgIpc) is 2.73. The molecule has 5 nitrogen and oxygen atoms in total. The molecule has 7 heteroatoms. The number of rotatable bonds is 4. The molecule has 0 spiro atoms. The van der Waals surface area contributed by atoms with E-state index in [2.05, 4.69) is 4.98 Å². The molecule has 0 bridgehead atoms. The molecule has 0 saturated heterocycles. The Morgan fingerprint density at radius 1 is 1.61 bits per heavy atom. The van der Waals surface area contributed by atoms with Crippen LogP contribution < -0.4 is 5.56 Å². The third kappa shape index (κ3) is 2.54. The van der Waals surface area contributed by atoms with Gasteiger partial charge in [0.2, 0.25) is 0 Å². The molecule has 0 N–H and O–H groups in total. The molecule has 0 unspecified atom stereocenters. The van der Waals surface area contributed by atoms with Gasteiger partial charge in [0.1, 0.15) is 0 Å². The number of hydrogen-bond acceptors (Lipinski definition) is 5. The standard InChI is InChI=1S/C11H11ClN2O3S/c1-2-17-10(16)4-8-6-18-11-13-7(5-12)3-9(15)14(8)11/h3,6H,2,4-5H2,1H3. The number of carbonyl (C=O) groups excluding carboxylic acids is 1. The summed E-state index contributed by atoms with van der Waals surface area (Å²) in [4.78, 5) is 28.1. The molecule has 2 heterocycles. The van der Waals surface area contributed by atoms with Crippen LogP contribution in [0.2, 0.25) is 0 Å². The summed E-state index contributed by atoms with van der Waals surface area (Å²) in [6, 6.07) is 1.38. The highest BCUT2D eigenvalue weighted by Crippen LogP contribution is 2.14. The van der Waals surface area contributed by atoms with Gasteiger partial charge in [0.15, 0.2) is 4.96 Å². The molecular weight excluding hydrogens is 276 g/mol. The van der Waals surface area contributed by atoms with Gasteiger partial charge in [0.25, 0.3) is 5.56 Å². The smallest absolute Gasteiger partial charge is 0.311 e. The van der Waals surface area contributed by atoms with Crippen LogP contribution in [0.15, 0.2) is 16.2 Å². The van der Waals surface area contributed by atoms with E-state index in [-0.39, 0.29) is 23.8 Å². The largest absolute Gasteiger partial charge is 0.466 e. The molecule has 96 valence electrons. The van der Waals surface area contributed by atoms with Crippen LogP contribution in [0.3, 0.4) is 0 Å². The quantitative estimate of drug-likeness (QED) is 0.633. The van der Waals surface area contributed by atoms with Gasteiger partial charge in [-0.15, -0.1) is 22.9 Å². The van der Waals surface area contributed by atoms with Gasteiger partial charge in [-0.05, 0) is 6.92 Å². The van der Waals surface area contributed by atoms with Crippen LogP contribution in [-0.2, 0) is 21.8 Å². The van der Waals surface area contributed by atoms with Gasteiger partial charge in [-0.1, -0.05) is 0 Å². The highest BCUT2D eigenvalue weighted by atomic mass is 35.5. The Balaban J connectivity index is 2.42. The van der Waals surface area contributed by atoms with Crippen molar-refractivity contribution in [2.24, 2.45) is 0 Å². The molecule has 2 aromatic heterocycles. The van der Waals surface area contributed by atoms with Crippen molar-refractivity contribution in [3.05, 3.63) is 33.2 Å². The number of fused-ring (bicyclic) bond motifs is 1. The maximum Gasteiger partial charge on any atom is 0.311 e. The van der Waals surface area contributed by atoms with Crippen molar-refractivity contribution in [2.45, 2.75) is 19.2 Å². The summed E-state index contributed by atoms with van der Waals surface area (Å²) in [5.74, 6) is -0.165. The molecule has 0 aromatic carbocycles. The molecule has 0 radical (unpaired) electrons. The van der Waals surface area contributed by atoms with Gasteiger partial charge in [0.05, 0.1) is 24.6 Å². The number of nitrogens with zero attached hydrogens (tertiary/aromatic N) is 2. The summed E-state index contributed by atoms with van der Waals surface area (Å²) in [6.07, 6.45) is 0.0651. The van der Waals surface area contributed by atoms with Crippen LogP contribution in [0.1, 0.15) is 18.3 Å². The van der Waals surface area contributed by atoms with Crippen molar-refractivity contribution in [2.75, 3.05) is 6.61 Å². The van der Waals surface area contributed by atoms with Crippen molar-refractivity contribution in [3.63, 3.8) is 0 Å². The van der Waals surface area contributed by atoms with E-state index in [9.17, 15) is 9.59 Å². The zero-order chi connectivity index (χ0) is 13.1. The predicted molar refractivity (Wildman–Crippen MR) is 69.2 cm³/mol. The normalized spacial score (nSPS) is 10.8. The Bertz CT molecular complexity index is 635. The van der Waals surface area contributed by atoms with Crippen LogP contribution in [0.5, 0.6) is 0 Å². The van der Waals surface area contributed by atoms with Crippen molar-refractivity contribution in [3.8, 4) is 0 Å². The van der Waals surface area contributed by atoms with Crippen molar-refractivity contribution >= 4 is 33.9 Å². The first-order valence-corrected chi connectivity index (χ1v) is 6.77. The number of esters is 1. The second-order valence-corrected chi connectivity index (χ2v) is 4.65. The Labute approximate surface area is 112 Å². The lowest BCUT2D eigenvalue weighted by Gasteiger charge is -2.02. The molecule has 2 rings (SSSR count). The number of ether oxygens (including phenoxy) is 1. The fourth-order valence-corrected chi connectivity index (χ4v) is 2.62. The van der Waals surface area contributed by atoms with Gasteiger partial charge in [-0.3, -0.25) is 14.0 Å². The van der Waals surface area contributed by atoms with E-state index in [1.165, 1.54) is 21.8 Å². The lowest BCUT2D eigenvalue weighted by molar-refractivity contribution is -0.142. The average molecular weight is 287 g/mol. The molecule has 0 fully saturated rings. The molecule has 0 aliphatic heterocycles. The summed E-state index contributed by atoms with van der Waals surface area (Å²) < 4.78 is 6.27. The maximum atomic E-state index is 11.9. The minimum atomic E-state index is -0.356. The summed E-state index contributed by atoms with van der Waals surface area (Å²) in [7, 11) is 0. The second-order valence-electron chi connectivity index (χ2n) is 3.55. The topological polar surface area (TPSA) is 60.7 Å². The summed E-state index contributed by atoms with van der Waals surface area (Å²) in [6.45, 7) is 2.06. The summed E-state index contributed by atoms with van der Waals surface area (Å²) in [5.41, 5.74) is 0.898. The summed E-state index contributed by atoms with van der Waals surface area (Å²) in [5, 5.41) is 1.73. The van der Waals surface area contributed by atoms with Gasteiger partial charge in [0, 0.05) is 17.1 Å². The molecule has 2 aromatic rings. The number of thiazole rings is 1. The van der Waals surface area contributed by atoms with Crippen LogP contribution in [0.25, 0.3) is 4.96 Å². The van der Waals surface area contributed by atoms with Crippen LogP contribution in [0.4, 0.5) is 0 Å². The first kappa shape index (κ1) is 13.0. The highest BCUT2D eigenvalue weighted by Gasteiger charge is 2.12. The Kier molecular flexibility index (Phi) is 3.98. The van der Waals surface area contributed by atoms with Gasteiger partial charge in [-0.25, -0.2) is 4.98 Å². The zero-order valence-corrected chi connectivity index (χ0v) is 11.3. The van der Waals surface area contributed by atoms with Gasteiger partial charge >= 0.3 is 5.97 Å². The van der Waals surface area contributed by atoms with Crippen LogP contribution in [-0.4, -0.2) is 22.0 Å². The number of alkyl halides is 1.